The number of amides is 1. The second-order valence-electron chi connectivity index (χ2n) is 6.12. The quantitative estimate of drug-likeness (QED) is 0.821. The first-order valence-electron chi connectivity index (χ1n) is 7.17. The van der Waals surface area contributed by atoms with E-state index in [0.717, 1.165) is 29.0 Å². The van der Waals surface area contributed by atoms with E-state index in [-0.39, 0.29) is 12.1 Å². The Labute approximate surface area is 134 Å². The molecule has 1 aliphatic heterocycles. The molecule has 1 aromatic heterocycles. The van der Waals surface area contributed by atoms with Crippen LogP contribution in [0.15, 0.2) is 29.9 Å². The fourth-order valence-electron chi connectivity index (χ4n) is 3.12. The molecule has 1 atom stereocenters. The molecular weight excluding hydrogens is 298 g/mol. The number of carbonyl (C=O) groups excluding carboxylic acids is 1. The molecule has 0 spiro atoms. The zero-order chi connectivity index (χ0) is 16.1. The first-order valence-corrected chi connectivity index (χ1v) is 7.58. The molecule has 2 heterocycles. The van der Waals surface area contributed by atoms with Gasteiger partial charge in [0.05, 0.1) is 11.7 Å². The maximum Gasteiger partial charge on any atom is 0.408 e. The van der Waals surface area contributed by atoms with Crippen molar-refractivity contribution in [3.63, 3.8) is 0 Å². The Balaban J connectivity index is 2.00. The minimum atomic E-state index is -0.607. The monoisotopic (exact) mass is 317 g/mol. The second-order valence-corrected chi connectivity index (χ2v) is 6.56. The SMILES string of the molecule is Cn1c(C(N)=S)ccc1C1=CCC2NC(=O)OC(C)(C)C2=C1. The lowest BCUT2D eigenvalue weighted by atomic mass is 9.82. The molecule has 6 heteroatoms. The highest BCUT2D eigenvalue weighted by Gasteiger charge is 2.40. The fourth-order valence-corrected chi connectivity index (χ4v) is 3.32. The van der Waals surface area contributed by atoms with E-state index in [0.29, 0.717) is 4.99 Å². The number of ether oxygens (including phenoxy) is 1. The number of carbonyl (C=O) groups is 1. The van der Waals surface area contributed by atoms with Crippen molar-refractivity contribution in [2.75, 3.05) is 0 Å². The number of alkyl carbamates (subject to hydrolysis) is 1. The lowest BCUT2D eigenvalue weighted by Crippen LogP contribution is -2.52. The molecule has 0 saturated carbocycles. The van der Waals surface area contributed by atoms with Gasteiger partial charge in [-0.25, -0.2) is 4.79 Å². The van der Waals surface area contributed by atoms with Crippen LogP contribution in [0.2, 0.25) is 0 Å². The zero-order valence-electron chi connectivity index (χ0n) is 12.8. The summed E-state index contributed by atoms with van der Waals surface area (Å²) in [4.78, 5) is 12.0. The molecule has 0 bridgehead atoms. The number of cyclic esters (lactones) is 1. The number of hydrogen-bond donors (Lipinski definition) is 2. The molecule has 0 aromatic carbocycles. The van der Waals surface area contributed by atoms with Gasteiger partial charge in [-0.2, -0.15) is 0 Å². The number of allylic oxidation sites excluding steroid dienone is 2. The third-order valence-corrected chi connectivity index (χ3v) is 4.47. The van der Waals surface area contributed by atoms with Crippen molar-refractivity contribution in [2.24, 2.45) is 12.8 Å². The lowest BCUT2D eigenvalue weighted by Gasteiger charge is -2.40. The smallest absolute Gasteiger partial charge is 0.408 e. The Morgan fingerprint density at radius 2 is 2.23 bits per heavy atom. The predicted molar refractivity (Wildman–Crippen MR) is 89.5 cm³/mol. The van der Waals surface area contributed by atoms with Crippen LogP contribution in [-0.4, -0.2) is 27.3 Å². The Morgan fingerprint density at radius 1 is 1.50 bits per heavy atom. The number of nitrogens with one attached hydrogen (secondary N) is 1. The van der Waals surface area contributed by atoms with Gasteiger partial charge in [-0.15, -0.1) is 0 Å². The molecule has 22 heavy (non-hydrogen) atoms. The highest BCUT2D eigenvalue weighted by atomic mass is 32.1. The highest BCUT2D eigenvalue weighted by molar-refractivity contribution is 7.80. The van der Waals surface area contributed by atoms with Gasteiger partial charge in [0.25, 0.3) is 0 Å². The number of fused-ring (bicyclic) bond motifs is 1. The summed E-state index contributed by atoms with van der Waals surface area (Å²) in [5.74, 6) is 0. The van der Waals surface area contributed by atoms with Gasteiger partial charge in [0.2, 0.25) is 0 Å². The second kappa shape index (κ2) is 4.98. The third-order valence-electron chi connectivity index (χ3n) is 4.27. The molecule has 1 aromatic rings. The first kappa shape index (κ1) is 14.8. The van der Waals surface area contributed by atoms with Gasteiger partial charge < -0.3 is 20.4 Å². The van der Waals surface area contributed by atoms with Crippen LogP contribution in [0.25, 0.3) is 5.57 Å². The van der Waals surface area contributed by atoms with Crippen LogP contribution in [0.4, 0.5) is 4.79 Å². The summed E-state index contributed by atoms with van der Waals surface area (Å²) in [6.45, 7) is 3.83. The molecule has 116 valence electrons. The number of hydrogen-bond acceptors (Lipinski definition) is 3. The van der Waals surface area contributed by atoms with Crippen molar-refractivity contribution in [2.45, 2.75) is 31.9 Å². The molecule has 1 saturated heterocycles. The molecule has 3 N–H and O–H groups in total. The number of nitrogens with zero attached hydrogens (tertiary/aromatic N) is 1. The molecule has 3 rings (SSSR count). The zero-order valence-corrected chi connectivity index (χ0v) is 13.7. The van der Waals surface area contributed by atoms with E-state index in [4.69, 9.17) is 22.7 Å². The van der Waals surface area contributed by atoms with Crippen molar-refractivity contribution in [1.29, 1.82) is 0 Å². The number of rotatable bonds is 2. The van der Waals surface area contributed by atoms with Crippen LogP contribution in [-0.2, 0) is 11.8 Å². The highest BCUT2D eigenvalue weighted by Crippen LogP contribution is 2.36. The Morgan fingerprint density at radius 3 is 2.86 bits per heavy atom. The molecule has 2 aliphatic rings. The van der Waals surface area contributed by atoms with Gasteiger partial charge in [-0.1, -0.05) is 18.3 Å². The maximum atomic E-state index is 11.6. The predicted octanol–water partition coefficient (Wildman–Crippen LogP) is 2.26. The number of thiocarbonyl (C=S) groups is 1. The summed E-state index contributed by atoms with van der Waals surface area (Å²) < 4.78 is 7.39. The third kappa shape index (κ3) is 2.33. The van der Waals surface area contributed by atoms with Gasteiger partial charge >= 0.3 is 6.09 Å². The van der Waals surface area contributed by atoms with Crippen LogP contribution < -0.4 is 11.1 Å². The Kier molecular flexibility index (Phi) is 3.36. The molecule has 5 nitrogen and oxygen atoms in total. The molecule has 1 fully saturated rings. The Hall–Kier alpha value is -2.08. The molecule has 1 amide bonds. The van der Waals surface area contributed by atoms with Gasteiger partial charge in [-0.3, -0.25) is 0 Å². The van der Waals surface area contributed by atoms with Gasteiger partial charge in [0, 0.05) is 12.7 Å². The normalized spacial score (nSPS) is 22.9. The standard InChI is InChI=1S/C16H19N3O2S/c1-16(2)10-8-9(4-5-11(10)18-15(20)21-16)12-6-7-13(14(17)22)19(12)3/h4,6-8,11H,5H2,1-3H3,(H2,17,22)(H,18,20). The van der Waals surface area contributed by atoms with Gasteiger partial charge in [-0.05, 0) is 49.6 Å². The molecule has 0 radical (unpaired) electrons. The minimum absolute atomic E-state index is 0.00433. The lowest BCUT2D eigenvalue weighted by molar-refractivity contribution is 0.0398. The van der Waals surface area contributed by atoms with Crippen LogP contribution in [0, 0.1) is 0 Å². The maximum absolute atomic E-state index is 11.6. The van der Waals surface area contributed by atoms with Crippen molar-refractivity contribution in [1.82, 2.24) is 9.88 Å². The fraction of sp³-hybridized carbons (Fsp3) is 0.375. The molecule has 1 aliphatic carbocycles. The van der Waals surface area contributed by atoms with Crippen molar-refractivity contribution >= 4 is 28.9 Å². The van der Waals surface area contributed by atoms with E-state index < -0.39 is 5.60 Å². The van der Waals surface area contributed by atoms with Gasteiger partial charge in [0.1, 0.15) is 10.6 Å². The molecule has 1 unspecified atom stereocenters. The summed E-state index contributed by atoms with van der Waals surface area (Å²) in [5.41, 5.74) is 9.16. The molecular formula is C16H19N3O2S. The number of aromatic nitrogens is 1. The van der Waals surface area contributed by atoms with Crippen LogP contribution in [0.1, 0.15) is 31.7 Å². The van der Waals surface area contributed by atoms with Crippen LogP contribution in [0.5, 0.6) is 0 Å². The summed E-state index contributed by atoms with van der Waals surface area (Å²) in [6.07, 6.45) is 4.59. The number of nitrogens with two attached hydrogens (primary N) is 1. The van der Waals surface area contributed by atoms with E-state index in [1.165, 1.54) is 0 Å². The van der Waals surface area contributed by atoms with E-state index in [1.807, 2.05) is 37.6 Å². The summed E-state index contributed by atoms with van der Waals surface area (Å²) in [5, 5.41) is 2.86. The van der Waals surface area contributed by atoms with E-state index >= 15 is 0 Å². The van der Waals surface area contributed by atoms with E-state index in [9.17, 15) is 4.79 Å². The summed E-state index contributed by atoms with van der Waals surface area (Å²) in [7, 11) is 1.94. The van der Waals surface area contributed by atoms with Crippen LogP contribution >= 0.6 is 12.2 Å². The topological polar surface area (TPSA) is 69.3 Å². The average Bonchev–Trinajstić information content (AvgIpc) is 2.79. The summed E-state index contributed by atoms with van der Waals surface area (Å²) in [6, 6.07) is 3.93. The van der Waals surface area contributed by atoms with Crippen molar-refractivity contribution < 1.29 is 9.53 Å². The van der Waals surface area contributed by atoms with Gasteiger partial charge in [0.15, 0.2) is 0 Å². The van der Waals surface area contributed by atoms with Crippen molar-refractivity contribution in [3.8, 4) is 0 Å². The Bertz CT molecular complexity index is 728. The van der Waals surface area contributed by atoms with E-state index in [1.54, 1.807) is 0 Å². The van der Waals surface area contributed by atoms with Crippen molar-refractivity contribution in [3.05, 3.63) is 41.2 Å². The van der Waals surface area contributed by atoms with E-state index in [2.05, 4.69) is 17.5 Å². The minimum Gasteiger partial charge on any atom is -0.439 e. The average molecular weight is 317 g/mol. The largest absolute Gasteiger partial charge is 0.439 e. The summed E-state index contributed by atoms with van der Waals surface area (Å²) >= 11 is 5.06. The van der Waals surface area contributed by atoms with Crippen LogP contribution in [0.3, 0.4) is 0 Å². The first-order chi connectivity index (χ1) is 10.3.